The molecule has 2 aliphatic rings. The predicted octanol–water partition coefficient (Wildman–Crippen LogP) is 1.31. The molecule has 1 aromatic heterocycles. The third-order valence-electron chi connectivity index (χ3n) is 3.78. The van der Waals surface area contributed by atoms with E-state index in [0.717, 1.165) is 49.8 Å². The lowest BCUT2D eigenvalue weighted by Gasteiger charge is -2.27. The Kier molecular flexibility index (Phi) is 4.80. The molecule has 0 aromatic carbocycles. The zero-order valence-electron chi connectivity index (χ0n) is 12.0. The molecule has 0 spiro atoms. The van der Waals surface area contributed by atoms with Crippen molar-refractivity contribution in [3.8, 4) is 0 Å². The Morgan fingerprint density at radius 2 is 2.05 bits per heavy atom. The summed E-state index contributed by atoms with van der Waals surface area (Å²) >= 11 is 1.74. The molecule has 1 unspecified atom stereocenters. The van der Waals surface area contributed by atoms with E-state index in [4.69, 9.17) is 9.47 Å². The lowest BCUT2D eigenvalue weighted by Crippen LogP contribution is -2.37. The second-order valence-corrected chi connectivity index (χ2v) is 6.23. The fourth-order valence-corrected chi connectivity index (χ4v) is 3.55. The Labute approximate surface area is 123 Å². The molecule has 0 N–H and O–H groups in total. The SMILES string of the molecule is Cn1c(SCC2CCCCO2)nnc1N1CCOCC1. The Hall–Kier alpha value is -0.790. The summed E-state index contributed by atoms with van der Waals surface area (Å²) in [5.74, 6) is 1.91. The van der Waals surface area contributed by atoms with Crippen LogP contribution in [0.25, 0.3) is 0 Å². The smallest absolute Gasteiger partial charge is 0.227 e. The monoisotopic (exact) mass is 298 g/mol. The van der Waals surface area contributed by atoms with Crippen molar-refractivity contribution in [3.05, 3.63) is 0 Å². The van der Waals surface area contributed by atoms with Gasteiger partial charge in [-0.25, -0.2) is 0 Å². The third kappa shape index (κ3) is 3.27. The van der Waals surface area contributed by atoms with Gasteiger partial charge in [0.25, 0.3) is 0 Å². The van der Waals surface area contributed by atoms with Crippen LogP contribution in [0.2, 0.25) is 0 Å². The van der Waals surface area contributed by atoms with E-state index in [-0.39, 0.29) is 0 Å². The molecule has 1 atom stereocenters. The van der Waals surface area contributed by atoms with Gasteiger partial charge in [-0.15, -0.1) is 10.2 Å². The van der Waals surface area contributed by atoms with Crippen LogP contribution in [0.15, 0.2) is 5.16 Å². The van der Waals surface area contributed by atoms with Gasteiger partial charge in [-0.1, -0.05) is 11.8 Å². The third-order valence-corrected chi connectivity index (χ3v) is 4.93. The highest BCUT2D eigenvalue weighted by molar-refractivity contribution is 7.99. The van der Waals surface area contributed by atoms with Crippen LogP contribution < -0.4 is 4.90 Å². The summed E-state index contributed by atoms with van der Waals surface area (Å²) in [5, 5.41) is 9.61. The number of aromatic nitrogens is 3. The van der Waals surface area contributed by atoms with Crippen LogP contribution in [0, 0.1) is 0 Å². The van der Waals surface area contributed by atoms with Crippen molar-refractivity contribution in [1.29, 1.82) is 0 Å². The van der Waals surface area contributed by atoms with E-state index in [1.165, 1.54) is 19.3 Å². The topological polar surface area (TPSA) is 52.4 Å². The van der Waals surface area contributed by atoms with Gasteiger partial charge in [0.05, 0.1) is 19.3 Å². The van der Waals surface area contributed by atoms with Crippen LogP contribution in [-0.4, -0.2) is 59.5 Å². The van der Waals surface area contributed by atoms with Gasteiger partial charge in [-0.3, -0.25) is 4.57 Å². The van der Waals surface area contributed by atoms with Crippen LogP contribution in [0.5, 0.6) is 0 Å². The summed E-state index contributed by atoms with van der Waals surface area (Å²) in [6.07, 6.45) is 4.02. The molecule has 2 aliphatic heterocycles. The molecule has 0 radical (unpaired) electrons. The van der Waals surface area contributed by atoms with E-state index in [1.54, 1.807) is 11.8 Å². The molecule has 1 aromatic rings. The molecule has 0 amide bonds. The van der Waals surface area contributed by atoms with Crippen molar-refractivity contribution in [2.24, 2.45) is 7.05 Å². The van der Waals surface area contributed by atoms with Crippen molar-refractivity contribution in [1.82, 2.24) is 14.8 Å². The van der Waals surface area contributed by atoms with Crippen molar-refractivity contribution in [3.63, 3.8) is 0 Å². The predicted molar refractivity (Wildman–Crippen MR) is 78.4 cm³/mol. The Bertz CT molecular complexity index is 428. The van der Waals surface area contributed by atoms with E-state index in [9.17, 15) is 0 Å². The van der Waals surface area contributed by atoms with Gasteiger partial charge in [-0.2, -0.15) is 0 Å². The molecular weight excluding hydrogens is 276 g/mol. The van der Waals surface area contributed by atoms with Crippen molar-refractivity contribution in [2.75, 3.05) is 43.6 Å². The second kappa shape index (κ2) is 6.78. The normalized spacial score (nSPS) is 24.1. The minimum atomic E-state index is 0.372. The first-order valence-electron chi connectivity index (χ1n) is 7.31. The van der Waals surface area contributed by atoms with Gasteiger partial charge in [-0.05, 0) is 19.3 Å². The first-order valence-corrected chi connectivity index (χ1v) is 8.29. The van der Waals surface area contributed by atoms with E-state index < -0.39 is 0 Å². The van der Waals surface area contributed by atoms with Gasteiger partial charge in [0.2, 0.25) is 5.95 Å². The zero-order chi connectivity index (χ0) is 13.8. The first-order chi connectivity index (χ1) is 9.84. The van der Waals surface area contributed by atoms with E-state index in [0.29, 0.717) is 6.10 Å². The molecule has 6 nitrogen and oxygen atoms in total. The lowest BCUT2D eigenvalue weighted by molar-refractivity contribution is 0.0315. The minimum absolute atomic E-state index is 0.372. The number of hydrogen-bond acceptors (Lipinski definition) is 6. The maximum atomic E-state index is 5.76. The first kappa shape index (κ1) is 14.2. The molecule has 0 aliphatic carbocycles. The molecule has 7 heteroatoms. The quantitative estimate of drug-likeness (QED) is 0.781. The molecule has 3 rings (SSSR count). The Balaban J connectivity index is 1.58. The van der Waals surface area contributed by atoms with E-state index in [1.807, 2.05) is 7.05 Å². The number of hydrogen-bond donors (Lipinski definition) is 0. The standard InChI is InChI=1S/C13H22N4O2S/c1-16-12(17-5-8-18-9-6-17)14-15-13(16)20-10-11-4-2-3-7-19-11/h11H,2-10H2,1H3. The maximum absolute atomic E-state index is 5.76. The van der Waals surface area contributed by atoms with Crippen molar-refractivity contribution < 1.29 is 9.47 Å². The maximum Gasteiger partial charge on any atom is 0.227 e. The lowest BCUT2D eigenvalue weighted by atomic mass is 10.1. The van der Waals surface area contributed by atoms with E-state index in [2.05, 4.69) is 19.7 Å². The molecule has 112 valence electrons. The van der Waals surface area contributed by atoms with Gasteiger partial charge in [0.1, 0.15) is 0 Å². The number of thioether (sulfide) groups is 1. The van der Waals surface area contributed by atoms with Gasteiger partial charge in [0, 0.05) is 32.5 Å². The van der Waals surface area contributed by atoms with Crippen LogP contribution in [0.4, 0.5) is 5.95 Å². The van der Waals surface area contributed by atoms with Gasteiger partial charge >= 0.3 is 0 Å². The highest BCUT2D eigenvalue weighted by Crippen LogP contribution is 2.24. The number of ether oxygens (including phenoxy) is 2. The number of nitrogens with zero attached hydrogens (tertiary/aromatic N) is 4. The van der Waals surface area contributed by atoms with Crippen molar-refractivity contribution in [2.45, 2.75) is 30.5 Å². The molecule has 0 saturated carbocycles. The molecule has 3 heterocycles. The van der Waals surface area contributed by atoms with E-state index >= 15 is 0 Å². The zero-order valence-corrected chi connectivity index (χ0v) is 12.8. The fraction of sp³-hybridized carbons (Fsp3) is 0.846. The van der Waals surface area contributed by atoms with Crippen molar-refractivity contribution >= 4 is 17.7 Å². The van der Waals surface area contributed by atoms with Gasteiger partial charge in [0.15, 0.2) is 5.16 Å². The van der Waals surface area contributed by atoms with Gasteiger partial charge < -0.3 is 14.4 Å². The summed E-state index contributed by atoms with van der Waals surface area (Å²) in [5.41, 5.74) is 0. The summed E-state index contributed by atoms with van der Waals surface area (Å²) < 4.78 is 13.2. The molecule has 2 saturated heterocycles. The summed E-state index contributed by atoms with van der Waals surface area (Å²) in [4.78, 5) is 2.23. The van der Waals surface area contributed by atoms with Crippen LogP contribution in [-0.2, 0) is 16.5 Å². The average Bonchev–Trinajstić information content (AvgIpc) is 2.88. The number of rotatable bonds is 4. The average molecular weight is 298 g/mol. The molecule has 0 bridgehead atoms. The molecular formula is C13H22N4O2S. The Morgan fingerprint density at radius 3 is 2.80 bits per heavy atom. The summed E-state index contributed by atoms with van der Waals surface area (Å²) in [6.45, 7) is 4.23. The number of anilines is 1. The highest BCUT2D eigenvalue weighted by Gasteiger charge is 2.20. The summed E-state index contributed by atoms with van der Waals surface area (Å²) in [7, 11) is 2.04. The Morgan fingerprint density at radius 1 is 1.20 bits per heavy atom. The minimum Gasteiger partial charge on any atom is -0.378 e. The highest BCUT2D eigenvalue weighted by atomic mass is 32.2. The number of morpholine rings is 1. The largest absolute Gasteiger partial charge is 0.378 e. The molecule has 2 fully saturated rings. The fourth-order valence-electron chi connectivity index (χ4n) is 2.58. The van der Waals surface area contributed by atoms with Crippen LogP contribution in [0.3, 0.4) is 0 Å². The molecule has 20 heavy (non-hydrogen) atoms. The second-order valence-electron chi connectivity index (χ2n) is 5.24. The van der Waals surface area contributed by atoms with Crippen LogP contribution >= 0.6 is 11.8 Å². The van der Waals surface area contributed by atoms with Crippen LogP contribution in [0.1, 0.15) is 19.3 Å². The summed E-state index contributed by atoms with van der Waals surface area (Å²) in [6, 6.07) is 0.